The summed E-state index contributed by atoms with van der Waals surface area (Å²) in [4.78, 5) is 10.7. The Bertz CT molecular complexity index is 187. The third kappa shape index (κ3) is 2.36. The Balaban J connectivity index is 1.64. The second-order valence-corrected chi connectivity index (χ2v) is 4.14. The van der Waals surface area contributed by atoms with Gasteiger partial charge in [0.15, 0.2) is 0 Å². The lowest BCUT2D eigenvalue weighted by Crippen LogP contribution is -2.15. The molecule has 3 nitrogen and oxygen atoms in total. The summed E-state index contributed by atoms with van der Waals surface area (Å²) >= 11 is 0. The van der Waals surface area contributed by atoms with E-state index in [1.807, 2.05) is 0 Å². The molecule has 1 saturated heterocycles. The average Bonchev–Trinajstić information content (AvgIpc) is 2.71. The lowest BCUT2D eigenvalue weighted by Gasteiger charge is -2.11. The van der Waals surface area contributed by atoms with Crippen molar-refractivity contribution >= 4 is 6.09 Å². The van der Waals surface area contributed by atoms with E-state index >= 15 is 0 Å². The molecule has 1 aliphatic heterocycles. The maximum atomic E-state index is 10.7. The molecule has 1 heterocycles. The van der Waals surface area contributed by atoms with Crippen LogP contribution < -0.4 is 5.32 Å². The predicted molar refractivity (Wildman–Crippen MR) is 49.5 cm³/mol. The maximum Gasteiger partial charge on any atom is 0.407 e. The van der Waals surface area contributed by atoms with E-state index in [-0.39, 0.29) is 12.2 Å². The van der Waals surface area contributed by atoms with Gasteiger partial charge in [-0.2, -0.15) is 0 Å². The summed E-state index contributed by atoms with van der Waals surface area (Å²) in [6, 6.07) is 0. The largest absolute Gasteiger partial charge is 0.444 e. The van der Waals surface area contributed by atoms with Gasteiger partial charge in [0.25, 0.3) is 0 Å². The molecule has 1 aliphatic carbocycles. The second-order valence-electron chi connectivity index (χ2n) is 4.14. The lowest BCUT2D eigenvalue weighted by molar-refractivity contribution is 0.131. The summed E-state index contributed by atoms with van der Waals surface area (Å²) in [5, 5.41) is 2.68. The topological polar surface area (TPSA) is 38.3 Å². The lowest BCUT2D eigenvalue weighted by atomic mass is 10.00. The highest BCUT2D eigenvalue weighted by molar-refractivity contribution is 5.69. The van der Waals surface area contributed by atoms with E-state index in [9.17, 15) is 4.79 Å². The van der Waals surface area contributed by atoms with Gasteiger partial charge < -0.3 is 10.1 Å². The third-order valence-corrected chi connectivity index (χ3v) is 3.12. The Morgan fingerprint density at radius 3 is 2.69 bits per heavy atom. The summed E-state index contributed by atoms with van der Waals surface area (Å²) in [7, 11) is 0. The van der Waals surface area contributed by atoms with Crippen LogP contribution in [0.2, 0.25) is 0 Å². The zero-order chi connectivity index (χ0) is 9.10. The Kier molecular flexibility index (Phi) is 2.71. The zero-order valence-corrected chi connectivity index (χ0v) is 7.92. The molecule has 2 fully saturated rings. The summed E-state index contributed by atoms with van der Waals surface area (Å²) in [5.74, 6) is 0.902. The van der Waals surface area contributed by atoms with Gasteiger partial charge in [-0.1, -0.05) is 25.7 Å². The summed E-state index contributed by atoms with van der Waals surface area (Å²) < 4.78 is 5.07. The van der Waals surface area contributed by atoms with E-state index < -0.39 is 0 Å². The van der Waals surface area contributed by atoms with Crippen molar-refractivity contribution < 1.29 is 9.53 Å². The summed E-state index contributed by atoms with van der Waals surface area (Å²) in [5.41, 5.74) is 0. The zero-order valence-electron chi connectivity index (χ0n) is 7.92. The Morgan fingerprint density at radius 2 is 2.08 bits per heavy atom. The monoisotopic (exact) mass is 183 g/mol. The van der Waals surface area contributed by atoms with Crippen molar-refractivity contribution in [1.82, 2.24) is 5.32 Å². The molecule has 1 atom stereocenters. The number of nitrogens with one attached hydrogen (secondary N) is 1. The molecule has 0 aromatic carbocycles. The van der Waals surface area contributed by atoms with Crippen molar-refractivity contribution in [3.8, 4) is 0 Å². The first-order valence-corrected chi connectivity index (χ1v) is 5.29. The number of carbonyl (C=O) groups is 1. The minimum atomic E-state index is -0.239. The molecular weight excluding hydrogens is 166 g/mol. The highest BCUT2D eigenvalue weighted by Crippen LogP contribution is 2.29. The van der Waals surface area contributed by atoms with E-state index in [1.54, 1.807) is 0 Å². The normalized spacial score (nSPS) is 28.9. The Labute approximate surface area is 78.8 Å². The smallest absolute Gasteiger partial charge is 0.407 e. The fourth-order valence-electron chi connectivity index (χ4n) is 2.31. The third-order valence-electron chi connectivity index (χ3n) is 3.12. The van der Waals surface area contributed by atoms with Crippen LogP contribution in [0.25, 0.3) is 0 Å². The molecule has 2 aliphatic rings. The van der Waals surface area contributed by atoms with E-state index in [4.69, 9.17) is 4.74 Å². The SMILES string of the molecule is O=C1NCC(CCC2CCCC2)O1. The molecule has 0 aromatic heterocycles. The number of hydrogen-bond donors (Lipinski definition) is 1. The molecule has 0 aromatic rings. The molecule has 0 spiro atoms. The van der Waals surface area contributed by atoms with Crippen LogP contribution >= 0.6 is 0 Å². The average molecular weight is 183 g/mol. The van der Waals surface area contributed by atoms with Gasteiger partial charge in [-0.3, -0.25) is 0 Å². The standard InChI is InChI=1S/C10H17NO2/c12-10-11-7-9(13-10)6-5-8-3-1-2-4-8/h8-9H,1-7H2,(H,11,12). The van der Waals surface area contributed by atoms with Crippen LogP contribution in [-0.2, 0) is 4.74 Å². The molecule has 2 rings (SSSR count). The van der Waals surface area contributed by atoms with E-state index in [0.717, 1.165) is 12.3 Å². The fraction of sp³-hybridized carbons (Fsp3) is 0.900. The Morgan fingerprint density at radius 1 is 1.31 bits per heavy atom. The molecule has 13 heavy (non-hydrogen) atoms. The number of rotatable bonds is 3. The van der Waals surface area contributed by atoms with Crippen molar-refractivity contribution in [2.45, 2.75) is 44.6 Å². The van der Waals surface area contributed by atoms with Crippen LogP contribution in [0.4, 0.5) is 4.79 Å². The van der Waals surface area contributed by atoms with Gasteiger partial charge in [0, 0.05) is 0 Å². The second kappa shape index (κ2) is 3.99. The molecule has 3 heteroatoms. The molecule has 0 radical (unpaired) electrons. The number of carbonyl (C=O) groups excluding carboxylic acids is 1. The van der Waals surface area contributed by atoms with Crippen LogP contribution in [0.1, 0.15) is 38.5 Å². The number of cyclic esters (lactones) is 1. The van der Waals surface area contributed by atoms with Crippen molar-refractivity contribution in [3.63, 3.8) is 0 Å². The van der Waals surface area contributed by atoms with Crippen LogP contribution in [0.5, 0.6) is 0 Å². The van der Waals surface area contributed by atoms with Crippen LogP contribution in [-0.4, -0.2) is 18.7 Å². The van der Waals surface area contributed by atoms with Crippen molar-refractivity contribution in [1.29, 1.82) is 0 Å². The van der Waals surface area contributed by atoms with E-state index in [1.165, 1.54) is 32.1 Å². The van der Waals surface area contributed by atoms with E-state index in [0.29, 0.717) is 6.54 Å². The van der Waals surface area contributed by atoms with Crippen molar-refractivity contribution in [2.75, 3.05) is 6.54 Å². The first kappa shape index (κ1) is 8.85. The molecule has 0 bridgehead atoms. The highest BCUT2D eigenvalue weighted by Gasteiger charge is 2.24. The van der Waals surface area contributed by atoms with Crippen molar-refractivity contribution in [3.05, 3.63) is 0 Å². The summed E-state index contributed by atoms with van der Waals surface area (Å²) in [6.45, 7) is 0.714. The fourth-order valence-corrected chi connectivity index (χ4v) is 2.31. The highest BCUT2D eigenvalue weighted by atomic mass is 16.6. The number of hydrogen-bond acceptors (Lipinski definition) is 2. The first-order chi connectivity index (χ1) is 6.34. The minimum absolute atomic E-state index is 0.146. The van der Waals surface area contributed by atoms with Gasteiger partial charge in [-0.25, -0.2) is 4.79 Å². The van der Waals surface area contributed by atoms with Gasteiger partial charge >= 0.3 is 6.09 Å². The van der Waals surface area contributed by atoms with Gasteiger partial charge in [-0.05, 0) is 18.8 Å². The number of amides is 1. The molecule has 74 valence electrons. The van der Waals surface area contributed by atoms with Crippen molar-refractivity contribution in [2.24, 2.45) is 5.92 Å². The van der Waals surface area contributed by atoms with Crippen LogP contribution in [0.3, 0.4) is 0 Å². The molecule has 1 saturated carbocycles. The summed E-state index contributed by atoms with van der Waals surface area (Å²) in [6.07, 6.45) is 7.75. The molecule has 1 unspecified atom stereocenters. The molecule has 1 N–H and O–H groups in total. The van der Waals surface area contributed by atoms with Crippen LogP contribution in [0, 0.1) is 5.92 Å². The van der Waals surface area contributed by atoms with Crippen LogP contribution in [0.15, 0.2) is 0 Å². The maximum absolute atomic E-state index is 10.7. The number of ether oxygens (including phenoxy) is 1. The molecule has 1 amide bonds. The van der Waals surface area contributed by atoms with Gasteiger partial charge in [0.1, 0.15) is 6.10 Å². The molecular formula is C10H17NO2. The first-order valence-electron chi connectivity index (χ1n) is 5.29. The van der Waals surface area contributed by atoms with Gasteiger partial charge in [-0.15, -0.1) is 0 Å². The van der Waals surface area contributed by atoms with Gasteiger partial charge in [0.2, 0.25) is 0 Å². The quantitative estimate of drug-likeness (QED) is 0.727. The minimum Gasteiger partial charge on any atom is -0.444 e. The predicted octanol–water partition coefficient (Wildman–Crippen LogP) is 2.07. The van der Waals surface area contributed by atoms with Gasteiger partial charge in [0.05, 0.1) is 6.54 Å². The Hall–Kier alpha value is -0.730. The van der Waals surface area contributed by atoms with E-state index in [2.05, 4.69) is 5.32 Å². The number of alkyl carbamates (subject to hydrolysis) is 1.